The maximum absolute atomic E-state index is 4.32. The van der Waals surface area contributed by atoms with Crippen LogP contribution in [0.2, 0.25) is 0 Å². The number of nitrogens with zero attached hydrogens (tertiary/aromatic N) is 2. The molecule has 0 aliphatic heterocycles. The average molecular weight is 249 g/mol. The minimum absolute atomic E-state index is 0.531. The normalized spacial score (nSPS) is 26.4. The van der Waals surface area contributed by atoms with Crippen molar-refractivity contribution in [3.63, 3.8) is 0 Å². The zero-order chi connectivity index (χ0) is 13.0. The van der Waals surface area contributed by atoms with Gasteiger partial charge in [0, 0.05) is 24.5 Å². The summed E-state index contributed by atoms with van der Waals surface area (Å²) in [4.78, 5) is 0. The molecule has 3 heteroatoms. The molecule has 0 spiro atoms. The highest BCUT2D eigenvalue weighted by Crippen LogP contribution is 2.24. The molecular weight excluding hydrogens is 222 g/mol. The molecule has 0 radical (unpaired) electrons. The number of aromatic nitrogens is 2. The van der Waals surface area contributed by atoms with Gasteiger partial charge in [0.1, 0.15) is 0 Å². The van der Waals surface area contributed by atoms with Crippen molar-refractivity contribution in [2.45, 2.75) is 65.1 Å². The van der Waals surface area contributed by atoms with E-state index in [0.717, 1.165) is 12.5 Å². The number of hydrogen-bond acceptors (Lipinski definition) is 2. The number of rotatable bonds is 5. The minimum atomic E-state index is 0.531. The van der Waals surface area contributed by atoms with E-state index in [9.17, 15) is 0 Å². The van der Waals surface area contributed by atoms with Crippen LogP contribution in [0, 0.1) is 11.8 Å². The molecule has 18 heavy (non-hydrogen) atoms. The Morgan fingerprint density at radius 3 is 2.56 bits per heavy atom. The van der Waals surface area contributed by atoms with Gasteiger partial charge in [-0.3, -0.25) is 4.68 Å². The summed E-state index contributed by atoms with van der Waals surface area (Å²) in [6.45, 7) is 7.95. The standard InChI is InChI=1S/C15H27N3/c1-12(2)15(11-18-10-4-9-16-18)17-14-7-5-13(3)6-8-14/h4,9-10,12-15,17H,5-8,11H2,1-3H3. The lowest BCUT2D eigenvalue weighted by molar-refractivity contribution is 0.245. The van der Waals surface area contributed by atoms with Crippen LogP contribution >= 0.6 is 0 Å². The molecule has 3 nitrogen and oxygen atoms in total. The van der Waals surface area contributed by atoms with Crippen LogP contribution in [0.1, 0.15) is 46.5 Å². The topological polar surface area (TPSA) is 29.9 Å². The van der Waals surface area contributed by atoms with Gasteiger partial charge in [0.2, 0.25) is 0 Å². The molecule has 2 rings (SSSR count). The van der Waals surface area contributed by atoms with Gasteiger partial charge in [-0.1, -0.05) is 20.8 Å². The Kier molecular flexibility index (Phi) is 4.81. The predicted octanol–water partition coefficient (Wildman–Crippen LogP) is 3.08. The third-order valence-electron chi connectivity index (χ3n) is 4.21. The highest BCUT2D eigenvalue weighted by molar-refractivity contribution is 4.84. The Labute approximate surface area is 111 Å². The molecule has 1 aromatic rings. The van der Waals surface area contributed by atoms with E-state index < -0.39 is 0 Å². The summed E-state index contributed by atoms with van der Waals surface area (Å²) in [6, 6.07) is 3.24. The third kappa shape index (κ3) is 3.84. The molecule has 1 heterocycles. The number of hydrogen-bond donors (Lipinski definition) is 1. The molecule has 1 aromatic heterocycles. The van der Waals surface area contributed by atoms with E-state index in [1.165, 1.54) is 25.7 Å². The summed E-state index contributed by atoms with van der Waals surface area (Å²) in [5.41, 5.74) is 0. The summed E-state index contributed by atoms with van der Waals surface area (Å²) < 4.78 is 2.04. The van der Waals surface area contributed by atoms with Gasteiger partial charge in [-0.05, 0) is 43.6 Å². The largest absolute Gasteiger partial charge is 0.309 e. The first-order valence-corrected chi connectivity index (χ1v) is 7.38. The van der Waals surface area contributed by atoms with Gasteiger partial charge in [0.05, 0.1) is 6.54 Å². The van der Waals surface area contributed by atoms with Gasteiger partial charge >= 0.3 is 0 Å². The molecule has 102 valence electrons. The van der Waals surface area contributed by atoms with Gasteiger partial charge < -0.3 is 5.32 Å². The quantitative estimate of drug-likeness (QED) is 0.869. The Bertz CT molecular complexity index is 324. The fourth-order valence-corrected chi connectivity index (χ4v) is 2.80. The van der Waals surface area contributed by atoms with Crippen LogP contribution in [0.25, 0.3) is 0 Å². The fraction of sp³-hybridized carbons (Fsp3) is 0.800. The third-order valence-corrected chi connectivity index (χ3v) is 4.21. The first-order chi connectivity index (χ1) is 8.65. The number of nitrogens with one attached hydrogen (secondary N) is 1. The smallest absolute Gasteiger partial charge is 0.0565 e. The van der Waals surface area contributed by atoms with E-state index in [4.69, 9.17) is 0 Å². The lowest BCUT2D eigenvalue weighted by atomic mass is 9.86. The van der Waals surface area contributed by atoms with Crippen LogP contribution in [0.5, 0.6) is 0 Å². The summed E-state index contributed by atoms with van der Waals surface area (Å²) in [6.07, 6.45) is 9.35. The van der Waals surface area contributed by atoms with Crippen LogP contribution in [0.3, 0.4) is 0 Å². The second-order valence-electron chi connectivity index (χ2n) is 6.20. The molecular formula is C15H27N3. The molecule has 1 saturated carbocycles. The summed E-state index contributed by atoms with van der Waals surface area (Å²) in [5, 5.41) is 8.17. The first-order valence-electron chi connectivity index (χ1n) is 7.38. The van der Waals surface area contributed by atoms with Crippen LogP contribution in [0.15, 0.2) is 18.5 Å². The van der Waals surface area contributed by atoms with E-state index in [1.54, 1.807) is 0 Å². The molecule has 1 fully saturated rings. The van der Waals surface area contributed by atoms with Crippen molar-refractivity contribution >= 4 is 0 Å². The van der Waals surface area contributed by atoms with Crippen molar-refractivity contribution < 1.29 is 0 Å². The zero-order valence-electron chi connectivity index (χ0n) is 12.0. The zero-order valence-corrected chi connectivity index (χ0v) is 12.0. The van der Waals surface area contributed by atoms with Crippen molar-refractivity contribution in [2.75, 3.05) is 0 Å². The predicted molar refractivity (Wildman–Crippen MR) is 75.4 cm³/mol. The minimum Gasteiger partial charge on any atom is -0.309 e. The van der Waals surface area contributed by atoms with Crippen molar-refractivity contribution in [1.82, 2.24) is 15.1 Å². The summed E-state index contributed by atoms with van der Waals surface area (Å²) in [7, 11) is 0. The highest BCUT2D eigenvalue weighted by atomic mass is 15.3. The maximum Gasteiger partial charge on any atom is 0.0565 e. The van der Waals surface area contributed by atoms with Crippen LogP contribution in [-0.4, -0.2) is 21.9 Å². The summed E-state index contributed by atoms with van der Waals surface area (Å²) in [5.74, 6) is 1.57. The van der Waals surface area contributed by atoms with E-state index in [-0.39, 0.29) is 0 Å². The molecule has 0 saturated heterocycles. The van der Waals surface area contributed by atoms with E-state index in [1.807, 2.05) is 16.9 Å². The SMILES string of the molecule is CC1CCC(NC(Cn2cccn2)C(C)C)CC1. The van der Waals surface area contributed by atoms with Crippen LogP contribution in [-0.2, 0) is 6.54 Å². The lowest BCUT2D eigenvalue weighted by Gasteiger charge is -2.32. The van der Waals surface area contributed by atoms with Crippen molar-refractivity contribution in [3.8, 4) is 0 Å². The van der Waals surface area contributed by atoms with Crippen LogP contribution in [0.4, 0.5) is 0 Å². The molecule has 0 bridgehead atoms. The van der Waals surface area contributed by atoms with Gasteiger partial charge in [0.25, 0.3) is 0 Å². The molecule has 1 atom stereocenters. The molecule has 0 aromatic carbocycles. The van der Waals surface area contributed by atoms with Crippen LogP contribution < -0.4 is 5.32 Å². The molecule has 0 amide bonds. The Balaban J connectivity index is 1.86. The monoisotopic (exact) mass is 249 g/mol. The second-order valence-corrected chi connectivity index (χ2v) is 6.20. The Morgan fingerprint density at radius 1 is 1.28 bits per heavy atom. The van der Waals surface area contributed by atoms with Gasteiger partial charge in [-0.25, -0.2) is 0 Å². The van der Waals surface area contributed by atoms with Gasteiger partial charge in [0.15, 0.2) is 0 Å². The fourth-order valence-electron chi connectivity index (χ4n) is 2.80. The van der Waals surface area contributed by atoms with E-state index in [2.05, 4.69) is 37.4 Å². The summed E-state index contributed by atoms with van der Waals surface area (Å²) >= 11 is 0. The van der Waals surface area contributed by atoms with E-state index >= 15 is 0 Å². The molecule has 1 aliphatic rings. The first kappa shape index (κ1) is 13.6. The van der Waals surface area contributed by atoms with Gasteiger partial charge in [-0.15, -0.1) is 0 Å². The van der Waals surface area contributed by atoms with Crippen molar-refractivity contribution in [1.29, 1.82) is 0 Å². The second kappa shape index (κ2) is 6.37. The Hall–Kier alpha value is -0.830. The molecule has 1 aliphatic carbocycles. The van der Waals surface area contributed by atoms with E-state index in [0.29, 0.717) is 18.0 Å². The van der Waals surface area contributed by atoms with Gasteiger partial charge in [-0.2, -0.15) is 5.10 Å². The highest BCUT2D eigenvalue weighted by Gasteiger charge is 2.22. The Morgan fingerprint density at radius 2 is 2.00 bits per heavy atom. The van der Waals surface area contributed by atoms with Crippen molar-refractivity contribution in [3.05, 3.63) is 18.5 Å². The molecule has 1 unspecified atom stereocenters. The lowest BCUT2D eigenvalue weighted by Crippen LogP contribution is -2.45. The average Bonchev–Trinajstić information content (AvgIpc) is 2.84. The molecule has 1 N–H and O–H groups in total. The van der Waals surface area contributed by atoms with Crippen molar-refractivity contribution in [2.24, 2.45) is 11.8 Å². The maximum atomic E-state index is 4.32.